The van der Waals surface area contributed by atoms with Crippen molar-refractivity contribution >= 4 is 38.9 Å². The van der Waals surface area contributed by atoms with Gasteiger partial charge < -0.3 is 0 Å². The number of nitrogens with zero attached hydrogens (tertiary/aromatic N) is 1. The van der Waals surface area contributed by atoms with Crippen LogP contribution < -0.4 is 0 Å². The second-order valence-corrected chi connectivity index (χ2v) is 6.61. The van der Waals surface area contributed by atoms with Gasteiger partial charge in [0.1, 0.15) is 0 Å². The van der Waals surface area contributed by atoms with Crippen molar-refractivity contribution in [3.63, 3.8) is 0 Å². The average Bonchev–Trinajstić information content (AvgIpc) is 2.75. The highest BCUT2D eigenvalue weighted by atomic mass is 79.9. The molecule has 0 spiro atoms. The molecule has 0 aromatic carbocycles. The largest absolute Gasteiger partial charge is 0.294 e. The fourth-order valence-electron chi connectivity index (χ4n) is 2.17. The third-order valence-electron chi connectivity index (χ3n) is 3.14. The van der Waals surface area contributed by atoms with Crippen molar-refractivity contribution in [3.8, 4) is 0 Å². The Bertz CT molecular complexity index is 328. The number of rotatable bonds is 3. The van der Waals surface area contributed by atoms with Crippen molar-refractivity contribution < 1.29 is 0 Å². The van der Waals surface area contributed by atoms with Crippen LogP contribution in [0, 0.1) is 5.92 Å². The van der Waals surface area contributed by atoms with Gasteiger partial charge in [0.05, 0.1) is 4.34 Å². The Hall–Kier alpha value is 0.430. The van der Waals surface area contributed by atoms with Gasteiger partial charge in [-0.1, -0.05) is 34.5 Å². The predicted molar refractivity (Wildman–Crippen MR) is 71.1 cm³/mol. The highest BCUT2D eigenvalue weighted by Crippen LogP contribution is 2.29. The van der Waals surface area contributed by atoms with Gasteiger partial charge in [0, 0.05) is 22.8 Å². The molecule has 84 valence electrons. The fourth-order valence-corrected chi connectivity index (χ4v) is 4.33. The summed E-state index contributed by atoms with van der Waals surface area (Å²) in [5.41, 5.74) is 0. The van der Waals surface area contributed by atoms with E-state index in [1.165, 1.54) is 17.8 Å². The average molecular weight is 309 g/mol. The lowest BCUT2D eigenvalue weighted by molar-refractivity contribution is 0.246. The zero-order valence-electron chi connectivity index (χ0n) is 8.75. The lowest BCUT2D eigenvalue weighted by atomic mass is 10.1. The number of halogens is 2. The minimum absolute atomic E-state index is 0.686. The zero-order chi connectivity index (χ0) is 10.8. The van der Waals surface area contributed by atoms with E-state index in [1.54, 1.807) is 11.3 Å². The SMILES string of the molecule is CC1CCN(Cc2ccc(Cl)s2)C1CBr. The molecule has 0 amide bonds. The third-order valence-corrected chi connectivity index (χ3v) is 5.02. The van der Waals surface area contributed by atoms with Gasteiger partial charge in [0.2, 0.25) is 0 Å². The molecule has 2 heterocycles. The minimum atomic E-state index is 0.686. The van der Waals surface area contributed by atoms with Gasteiger partial charge in [-0.3, -0.25) is 4.90 Å². The molecule has 0 saturated carbocycles. The second-order valence-electron chi connectivity index (χ2n) is 4.16. The summed E-state index contributed by atoms with van der Waals surface area (Å²) in [7, 11) is 0. The van der Waals surface area contributed by atoms with E-state index in [1.807, 2.05) is 6.07 Å². The van der Waals surface area contributed by atoms with Crippen LogP contribution in [0.15, 0.2) is 12.1 Å². The molecule has 0 radical (unpaired) electrons. The molecule has 0 N–H and O–H groups in total. The van der Waals surface area contributed by atoms with Crippen LogP contribution in [0.1, 0.15) is 18.2 Å². The Morgan fingerprint density at radius 2 is 2.40 bits per heavy atom. The summed E-state index contributed by atoms with van der Waals surface area (Å²) in [6, 6.07) is 4.82. The summed E-state index contributed by atoms with van der Waals surface area (Å²) >= 11 is 11.2. The molecule has 1 nitrogen and oxygen atoms in total. The third kappa shape index (κ3) is 2.76. The maximum atomic E-state index is 5.94. The van der Waals surface area contributed by atoms with Crippen LogP contribution in [0.4, 0.5) is 0 Å². The molecule has 1 aliphatic rings. The standard InChI is InChI=1S/C11H15BrClNS/c1-8-4-5-14(10(8)6-12)7-9-2-3-11(13)15-9/h2-3,8,10H,4-7H2,1H3. The summed E-state index contributed by atoms with van der Waals surface area (Å²) in [4.78, 5) is 3.93. The summed E-state index contributed by atoms with van der Waals surface area (Å²) in [6.07, 6.45) is 1.31. The summed E-state index contributed by atoms with van der Waals surface area (Å²) < 4.78 is 0.896. The predicted octanol–water partition coefficient (Wildman–Crippen LogP) is 4.01. The number of hydrogen-bond acceptors (Lipinski definition) is 2. The molecule has 0 bridgehead atoms. The first-order valence-electron chi connectivity index (χ1n) is 5.25. The number of thiophene rings is 1. The summed E-state index contributed by atoms with van der Waals surface area (Å²) in [5, 5.41) is 1.08. The quantitative estimate of drug-likeness (QED) is 0.763. The van der Waals surface area contributed by atoms with Crippen molar-refractivity contribution in [3.05, 3.63) is 21.3 Å². The first kappa shape index (κ1) is 11.9. The summed E-state index contributed by atoms with van der Waals surface area (Å²) in [6.45, 7) is 4.61. The molecule has 1 saturated heterocycles. The van der Waals surface area contributed by atoms with Crippen LogP contribution >= 0.6 is 38.9 Å². The van der Waals surface area contributed by atoms with Crippen molar-refractivity contribution in [1.82, 2.24) is 4.90 Å². The van der Waals surface area contributed by atoms with Crippen molar-refractivity contribution in [1.29, 1.82) is 0 Å². The van der Waals surface area contributed by atoms with Gasteiger partial charge in [0.25, 0.3) is 0 Å². The molecule has 2 atom stereocenters. The van der Waals surface area contributed by atoms with E-state index in [2.05, 4.69) is 33.8 Å². The molecule has 4 heteroatoms. The maximum Gasteiger partial charge on any atom is 0.0931 e. The smallest absolute Gasteiger partial charge is 0.0931 e. The fraction of sp³-hybridized carbons (Fsp3) is 0.636. The lowest BCUT2D eigenvalue weighted by Gasteiger charge is -2.24. The van der Waals surface area contributed by atoms with E-state index in [-0.39, 0.29) is 0 Å². The molecule has 1 aromatic heterocycles. The van der Waals surface area contributed by atoms with Crippen LogP contribution in [-0.4, -0.2) is 22.8 Å². The molecular formula is C11H15BrClNS. The van der Waals surface area contributed by atoms with Crippen LogP contribution in [0.2, 0.25) is 4.34 Å². The van der Waals surface area contributed by atoms with Gasteiger partial charge in [-0.05, 0) is 31.0 Å². The maximum absolute atomic E-state index is 5.94. The summed E-state index contributed by atoms with van der Waals surface area (Å²) in [5.74, 6) is 0.805. The molecule has 1 aromatic rings. The Morgan fingerprint density at radius 1 is 1.60 bits per heavy atom. The van der Waals surface area contributed by atoms with E-state index in [9.17, 15) is 0 Å². The van der Waals surface area contributed by atoms with Gasteiger partial charge in [-0.25, -0.2) is 0 Å². The lowest BCUT2D eigenvalue weighted by Crippen LogP contribution is -2.32. The first-order valence-corrected chi connectivity index (χ1v) is 7.56. The molecule has 2 rings (SSSR count). The monoisotopic (exact) mass is 307 g/mol. The Morgan fingerprint density at radius 3 is 3.00 bits per heavy atom. The number of likely N-dealkylation sites (tertiary alicyclic amines) is 1. The highest BCUT2D eigenvalue weighted by molar-refractivity contribution is 9.09. The van der Waals surface area contributed by atoms with E-state index in [4.69, 9.17) is 11.6 Å². The second kappa shape index (κ2) is 5.17. The Kier molecular flexibility index (Phi) is 4.10. The Labute approximate surface area is 109 Å². The van der Waals surface area contributed by atoms with E-state index in [0.29, 0.717) is 6.04 Å². The van der Waals surface area contributed by atoms with Gasteiger partial charge >= 0.3 is 0 Å². The number of hydrogen-bond donors (Lipinski definition) is 0. The van der Waals surface area contributed by atoms with Crippen molar-refractivity contribution in [2.24, 2.45) is 5.92 Å². The van der Waals surface area contributed by atoms with Crippen LogP contribution in [-0.2, 0) is 6.54 Å². The van der Waals surface area contributed by atoms with E-state index < -0.39 is 0 Å². The minimum Gasteiger partial charge on any atom is -0.294 e. The zero-order valence-corrected chi connectivity index (χ0v) is 11.9. The molecule has 2 unspecified atom stereocenters. The normalized spacial score (nSPS) is 27.4. The van der Waals surface area contributed by atoms with Crippen LogP contribution in [0.25, 0.3) is 0 Å². The van der Waals surface area contributed by atoms with Crippen molar-refractivity contribution in [2.45, 2.75) is 25.9 Å². The van der Waals surface area contributed by atoms with Crippen LogP contribution in [0.3, 0.4) is 0 Å². The Balaban J connectivity index is 2.00. The molecule has 1 fully saturated rings. The molecule has 1 aliphatic heterocycles. The van der Waals surface area contributed by atoms with Crippen molar-refractivity contribution in [2.75, 3.05) is 11.9 Å². The van der Waals surface area contributed by atoms with Gasteiger partial charge in [0.15, 0.2) is 0 Å². The van der Waals surface area contributed by atoms with Crippen LogP contribution in [0.5, 0.6) is 0 Å². The van der Waals surface area contributed by atoms with Gasteiger partial charge in [-0.2, -0.15) is 0 Å². The first-order chi connectivity index (χ1) is 7.20. The highest BCUT2D eigenvalue weighted by Gasteiger charge is 2.30. The molecular weight excluding hydrogens is 294 g/mol. The van der Waals surface area contributed by atoms with E-state index in [0.717, 1.165) is 22.1 Å². The van der Waals surface area contributed by atoms with E-state index >= 15 is 0 Å². The number of alkyl halides is 1. The molecule has 15 heavy (non-hydrogen) atoms. The topological polar surface area (TPSA) is 3.24 Å². The van der Waals surface area contributed by atoms with Gasteiger partial charge in [-0.15, -0.1) is 11.3 Å². The molecule has 0 aliphatic carbocycles.